The molecule has 0 aliphatic rings. The SMILES string of the molecule is CC(C)CCN(C)C(=O)[C@@H](N)Cc1ccc(O)c(O)c1. The van der Waals surface area contributed by atoms with E-state index in [4.69, 9.17) is 5.73 Å². The summed E-state index contributed by atoms with van der Waals surface area (Å²) >= 11 is 0. The second kappa shape index (κ2) is 7.14. The van der Waals surface area contributed by atoms with Gasteiger partial charge in [0.1, 0.15) is 0 Å². The maximum absolute atomic E-state index is 12.1. The van der Waals surface area contributed by atoms with E-state index in [1.54, 1.807) is 18.0 Å². The van der Waals surface area contributed by atoms with E-state index in [-0.39, 0.29) is 17.4 Å². The second-order valence-electron chi connectivity index (χ2n) is 5.58. The lowest BCUT2D eigenvalue weighted by Gasteiger charge is -2.22. The Balaban J connectivity index is 2.58. The molecule has 0 aromatic heterocycles. The number of phenolic OH excluding ortho intramolecular Hbond substituents is 2. The predicted octanol–water partition coefficient (Wildman–Crippen LogP) is 1.47. The van der Waals surface area contributed by atoms with Gasteiger partial charge in [0, 0.05) is 13.6 Å². The van der Waals surface area contributed by atoms with Crippen LogP contribution >= 0.6 is 0 Å². The van der Waals surface area contributed by atoms with Gasteiger partial charge in [-0.1, -0.05) is 19.9 Å². The zero-order valence-electron chi connectivity index (χ0n) is 12.3. The first kappa shape index (κ1) is 16.3. The Bertz CT molecular complexity index is 460. The van der Waals surface area contributed by atoms with Gasteiger partial charge in [0.05, 0.1) is 6.04 Å². The number of aromatic hydroxyl groups is 2. The molecule has 20 heavy (non-hydrogen) atoms. The van der Waals surface area contributed by atoms with Crippen LogP contribution in [0.2, 0.25) is 0 Å². The molecule has 0 fully saturated rings. The van der Waals surface area contributed by atoms with Gasteiger partial charge in [-0.15, -0.1) is 0 Å². The Kier molecular flexibility index (Phi) is 5.82. The fourth-order valence-electron chi connectivity index (χ4n) is 1.88. The number of amides is 1. The molecular weight excluding hydrogens is 256 g/mol. The van der Waals surface area contributed by atoms with E-state index in [0.29, 0.717) is 18.9 Å². The van der Waals surface area contributed by atoms with Crippen molar-refractivity contribution in [1.29, 1.82) is 0 Å². The molecule has 1 amide bonds. The lowest BCUT2D eigenvalue weighted by Crippen LogP contribution is -2.43. The van der Waals surface area contributed by atoms with Crippen molar-refractivity contribution in [3.05, 3.63) is 23.8 Å². The smallest absolute Gasteiger partial charge is 0.239 e. The molecular formula is C15H24N2O3. The van der Waals surface area contributed by atoms with Crippen LogP contribution in [0.3, 0.4) is 0 Å². The van der Waals surface area contributed by atoms with Gasteiger partial charge in [0.25, 0.3) is 0 Å². The molecule has 0 heterocycles. The topological polar surface area (TPSA) is 86.8 Å². The first-order valence-electron chi connectivity index (χ1n) is 6.82. The van der Waals surface area contributed by atoms with Crippen LogP contribution in [0.4, 0.5) is 0 Å². The molecule has 0 bridgehead atoms. The molecule has 0 saturated heterocycles. The van der Waals surface area contributed by atoms with Gasteiger partial charge in [-0.2, -0.15) is 0 Å². The number of benzene rings is 1. The van der Waals surface area contributed by atoms with E-state index in [1.807, 2.05) is 0 Å². The van der Waals surface area contributed by atoms with Gasteiger partial charge in [-0.05, 0) is 36.5 Å². The van der Waals surface area contributed by atoms with E-state index in [1.165, 1.54) is 12.1 Å². The standard InChI is InChI=1S/C15H24N2O3/c1-10(2)6-7-17(3)15(20)12(16)8-11-4-5-13(18)14(19)9-11/h4-5,9-10,12,18-19H,6-8,16H2,1-3H3/t12-/m0/s1. The first-order valence-corrected chi connectivity index (χ1v) is 6.82. The molecule has 4 N–H and O–H groups in total. The van der Waals surface area contributed by atoms with Crippen LogP contribution < -0.4 is 5.73 Å². The molecule has 1 atom stereocenters. The predicted molar refractivity (Wildman–Crippen MR) is 78.5 cm³/mol. The zero-order valence-corrected chi connectivity index (χ0v) is 12.3. The molecule has 112 valence electrons. The number of nitrogens with two attached hydrogens (primary N) is 1. The van der Waals surface area contributed by atoms with Gasteiger partial charge in [-0.25, -0.2) is 0 Å². The molecule has 0 saturated carbocycles. The van der Waals surface area contributed by atoms with Crippen molar-refractivity contribution in [3.63, 3.8) is 0 Å². The molecule has 1 rings (SSSR count). The van der Waals surface area contributed by atoms with Crippen LogP contribution in [-0.4, -0.2) is 40.7 Å². The number of nitrogens with zero attached hydrogens (tertiary/aromatic N) is 1. The summed E-state index contributed by atoms with van der Waals surface area (Å²) in [4.78, 5) is 13.7. The van der Waals surface area contributed by atoms with Crippen LogP contribution in [0.15, 0.2) is 18.2 Å². The van der Waals surface area contributed by atoms with Gasteiger partial charge in [-0.3, -0.25) is 4.79 Å². The van der Waals surface area contributed by atoms with Crippen LogP contribution in [0, 0.1) is 5.92 Å². The van der Waals surface area contributed by atoms with Crippen LogP contribution in [0.5, 0.6) is 11.5 Å². The maximum atomic E-state index is 12.1. The van der Waals surface area contributed by atoms with Crippen molar-refractivity contribution >= 4 is 5.91 Å². The highest BCUT2D eigenvalue weighted by Gasteiger charge is 2.18. The van der Waals surface area contributed by atoms with E-state index in [2.05, 4.69) is 13.8 Å². The molecule has 5 nitrogen and oxygen atoms in total. The Morgan fingerprint density at radius 2 is 1.95 bits per heavy atom. The Hall–Kier alpha value is -1.75. The largest absolute Gasteiger partial charge is 0.504 e. The van der Waals surface area contributed by atoms with Crippen molar-refractivity contribution in [2.75, 3.05) is 13.6 Å². The minimum atomic E-state index is -0.642. The summed E-state index contributed by atoms with van der Waals surface area (Å²) in [6, 6.07) is 3.83. The molecule has 0 aliphatic heterocycles. The third-order valence-corrected chi connectivity index (χ3v) is 3.23. The second-order valence-corrected chi connectivity index (χ2v) is 5.58. The van der Waals surface area contributed by atoms with E-state index in [9.17, 15) is 15.0 Å². The summed E-state index contributed by atoms with van der Waals surface area (Å²) in [6.07, 6.45) is 1.27. The third-order valence-electron chi connectivity index (χ3n) is 3.23. The maximum Gasteiger partial charge on any atom is 0.239 e. The molecule has 5 heteroatoms. The number of hydrogen-bond acceptors (Lipinski definition) is 4. The molecule has 0 radical (unpaired) electrons. The Morgan fingerprint density at radius 3 is 2.50 bits per heavy atom. The number of rotatable bonds is 6. The average Bonchev–Trinajstić information content (AvgIpc) is 2.39. The summed E-state index contributed by atoms with van der Waals surface area (Å²) in [5.74, 6) is 0.0479. The van der Waals surface area contributed by atoms with Crippen molar-refractivity contribution in [2.45, 2.75) is 32.7 Å². The van der Waals surface area contributed by atoms with E-state index >= 15 is 0 Å². The summed E-state index contributed by atoms with van der Waals surface area (Å²) in [5, 5.41) is 18.7. The average molecular weight is 280 g/mol. The highest BCUT2D eigenvalue weighted by molar-refractivity contribution is 5.81. The summed E-state index contributed by atoms with van der Waals surface area (Å²) in [6.45, 7) is 4.90. The molecule has 0 unspecified atom stereocenters. The van der Waals surface area contributed by atoms with Crippen molar-refractivity contribution < 1.29 is 15.0 Å². The lowest BCUT2D eigenvalue weighted by atomic mass is 10.0. The number of likely N-dealkylation sites (N-methyl/N-ethyl adjacent to an activating group) is 1. The Labute approximate surface area is 120 Å². The van der Waals surface area contributed by atoms with Crippen molar-refractivity contribution in [1.82, 2.24) is 4.90 Å². The lowest BCUT2D eigenvalue weighted by molar-refractivity contribution is -0.131. The molecule has 0 aliphatic carbocycles. The van der Waals surface area contributed by atoms with Gasteiger partial charge in [0.2, 0.25) is 5.91 Å². The normalized spacial score (nSPS) is 12.4. The van der Waals surface area contributed by atoms with Crippen LogP contribution in [0.25, 0.3) is 0 Å². The third kappa shape index (κ3) is 4.74. The van der Waals surface area contributed by atoms with E-state index in [0.717, 1.165) is 12.0 Å². The van der Waals surface area contributed by atoms with Crippen molar-refractivity contribution in [3.8, 4) is 11.5 Å². The van der Waals surface area contributed by atoms with Gasteiger partial charge < -0.3 is 20.8 Å². The molecule has 1 aromatic carbocycles. The monoisotopic (exact) mass is 280 g/mol. The van der Waals surface area contributed by atoms with Crippen LogP contribution in [0.1, 0.15) is 25.8 Å². The Morgan fingerprint density at radius 1 is 1.30 bits per heavy atom. The zero-order chi connectivity index (χ0) is 15.3. The summed E-state index contributed by atoms with van der Waals surface area (Å²) in [5.41, 5.74) is 6.63. The fourth-order valence-corrected chi connectivity index (χ4v) is 1.88. The first-order chi connectivity index (χ1) is 9.31. The molecule has 1 aromatic rings. The summed E-state index contributed by atoms with van der Waals surface area (Å²) < 4.78 is 0. The highest BCUT2D eigenvalue weighted by Crippen LogP contribution is 2.25. The van der Waals surface area contributed by atoms with Gasteiger partial charge >= 0.3 is 0 Å². The number of phenols is 2. The van der Waals surface area contributed by atoms with E-state index < -0.39 is 6.04 Å². The highest BCUT2D eigenvalue weighted by atomic mass is 16.3. The van der Waals surface area contributed by atoms with Crippen molar-refractivity contribution in [2.24, 2.45) is 11.7 Å². The number of carbonyl (C=O) groups is 1. The van der Waals surface area contributed by atoms with Gasteiger partial charge in [0.15, 0.2) is 11.5 Å². The fraction of sp³-hybridized carbons (Fsp3) is 0.533. The minimum absolute atomic E-state index is 0.113. The summed E-state index contributed by atoms with van der Waals surface area (Å²) in [7, 11) is 1.75. The van der Waals surface area contributed by atoms with Crippen LogP contribution in [-0.2, 0) is 11.2 Å². The quantitative estimate of drug-likeness (QED) is 0.689. The molecule has 0 spiro atoms. The minimum Gasteiger partial charge on any atom is -0.504 e. The number of carbonyl (C=O) groups excluding carboxylic acids is 1. The number of hydrogen-bond donors (Lipinski definition) is 3.